The Kier molecular flexibility index (Phi) is 4.99. The molecule has 1 atom stereocenters. The van der Waals surface area contributed by atoms with Crippen LogP contribution in [0.3, 0.4) is 0 Å². The van der Waals surface area contributed by atoms with Crippen molar-refractivity contribution in [2.45, 2.75) is 19.8 Å². The number of carbonyl (C=O) groups excluding carboxylic acids is 1. The van der Waals surface area contributed by atoms with Gasteiger partial charge in [0.1, 0.15) is 5.75 Å². The number of thiazole rings is 1. The number of aryl methyl sites for hydroxylation is 1. The Morgan fingerprint density at radius 1 is 1.30 bits per heavy atom. The summed E-state index contributed by atoms with van der Waals surface area (Å²) in [5, 5.41) is 4.04. The first-order chi connectivity index (χ1) is 13.1. The Bertz CT molecular complexity index is 969. The van der Waals surface area contributed by atoms with Crippen molar-refractivity contribution in [2.24, 2.45) is 5.92 Å². The number of anilines is 2. The van der Waals surface area contributed by atoms with Crippen LogP contribution in [-0.2, 0) is 4.79 Å². The maximum Gasteiger partial charge on any atom is 0.229 e. The lowest BCUT2D eigenvalue weighted by Crippen LogP contribution is -2.40. The van der Waals surface area contributed by atoms with E-state index in [1.54, 1.807) is 18.4 Å². The van der Waals surface area contributed by atoms with Crippen molar-refractivity contribution in [3.63, 3.8) is 0 Å². The van der Waals surface area contributed by atoms with E-state index in [1.807, 2.05) is 24.3 Å². The second-order valence-electron chi connectivity index (χ2n) is 6.97. The van der Waals surface area contributed by atoms with Crippen LogP contribution in [0.25, 0.3) is 10.2 Å². The van der Waals surface area contributed by atoms with Gasteiger partial charge in [0, 0.05) is 24.8 Å². The average Bonchev–Trinajstić information content (AvgIpc) is 3.11. The number of fused-ring (bicyclic) bond motifs is 1. The van der Waals surface area contributed by atoms with E-state index in [9.17, 15) is 4.79 Å². The van der Waals surface area contributed by atoms with Gasteiger partial charge in [-0.3, -0.25) is 4.79 Å². The minimum absolute atomic E-state index is 0.0429. The molecule has 0 radical (unpaired) electrons. The van der Waals surface area contributed by atoms with Gasteiger partial charge < -0.3 is 15.0 Å². The number of rotatable bonds is 4. The maximum atomic E-state index is 12.8. The number of nitrogens with zero attached hydrogens (tertiary/aromatic N) is 2. The first-order valence-corrected chi connectivity index (χ1v) is 10.0. The number of nitrogens with one attached hydrogen (secondary N) is 1. The highest BCUT2D eigenvalue weighted by Gasteiger charge is 2.27. The highest BCUT2D eigenvalue weighted by molar-refractivity contribution is 7.22. The smallest absolute Gasteiger partial charge is 0.229 e. The van der Waals surface area contributed by atoms with Gasteiger partial charge in [-0.1, -0.05) is 23.5 Å². The van der Waals surface area contributed by atoms with Crippen molar-refractivity contribution in [3.05, 3.63) is 48.0 Å². The zero-order valence-electron chi connectivity index (χ0n) is 15.6. The van der Waals surface area contributed by atoms with E-state index in [2.05, 4.69) is 35.3 Å². The molecule has 1 fully saturated rings. The normalized spacial score (nSPS) is 17.1. The van der Waals surface area contributed by atoms with Crippen LogP contribution >= 0.6 is 11.3 Å². The van der Waals surface area contributed by atoms with Crippen molar-refractivity contribution < 1.29 is 9.53 Å². The molecule has 140 valence electrons. The monoisotopic (exact) mass is 381 g/mol. The summed E-state index contributed by atoms with van der Waals surface area (Å²) in [7, 11) is 1.62. The third-order valence-electron chi connectivity index (χ3n) is 4.93. The third-order valence-corrected chi connectivity index (χ3v) is 6.01. The summed E-state index contributed by atoms with van der Waals surface area (Å²) >= 11 is 1.71. The molecule has 4 rings (SSSR count). The van der Waals surface area contributed by atoms with E-state index in [4.69, 9.17) is 9.72 Å². The molecule has 3 aromatic rings. The molecule has 0 saturated carbocycles. The van der Waals surface area contributed by atoms with Gasteiger partial charge >= 0.3 is 0 Å². The molecule has 0 spiro atoms. The van der Waals surface area contributed by atoms with E-state index < -0.39 is 0 Å². The molecule has 1 amide bonds. The van der Waals surface area contributed by atoms with Gasteiger partial charge in [-0.2, -0.15) is 0 Å². The Morgan fingerprint density at radius 3 is 3.04 bits per heavy atom. The minimum Gasteiger partial charge on any atom is -0.497 e. The van der Waals surface area contributed by atoms with Crippen LogP contribution in [0.15, 0.2) is 42.5 Å². The minimum atomic E-state index is -0.0429. The van der Waals surface area contributed by atoms with Crippen molar-refractivity contribution in [1.82, 2.24) is 4.98 Å². The molecule has 6 heteroatoms. The highest BCUT2D eigenvalue weighted by atomic mass is 32.1. The number of hydrogen-bond acceptors (Lipinski definition) is 5. The van der Waals surface area contributed by atoms with Crippen molar-refractivity contribution in [1.29, 1.82) is 0 Å². The average molecular weight is 382 g/mol. The molecule has 1 unspecified atom stereocenters. The molecule has 1 N–H and O–H groups in total. The molecule has 0 aliphatic carbocycles. The van der Waals surface area contributed by atoms with Crippen LogP contribution < -0.4 is 15.0 Å². The maximum absolute atomic E-state index is 12.8. The number of benzene rings is 2. The third kappa shape index (κ3) is 3.90. The summed E-state index contributed by atoms with van der Waals surface area (Å²) in [5.74, 6) is 0.756. The SMILES string of the molecule is COc1cccc(NC(=O)C2CCCN(c3nc4ccc(C)cc4s3)C2)c1. The van der Waals surface area contributed by atoms with Crippen molar-refractivity contribution >= 4 is 38.3 Å². The van der Waals surface area contributed by atoms with E-state index >= 15 is 0 Å². The Balaban J connectivity index is 1.47. The lowest BCUT2D eigenvalue weighted by Gasteiger charge is -2.31. The van der Waals surface area contributed by atoms with Gasteiger partial charge in [0.05, 0.1) is 23.2 Å². The molecule has 1 aliphatic heterocycles. The standard InChI is InChI=1S/C21H23N3O2S/c1-14-8-9-18-19(11-14)27-21(23-18)24-10-4-5-15(13-24)20(25)22-16-6-3-7-17(12-16)26-2/h3,6-9,11-12,15H,4-5,10,13H2,1-2H3,(H,22,25). The summed E-state index contributed by atoms with van der Waals surface area (Å²) in [5.41, 5.74) is 3.04. The number of aromatic nitrogens is 1. The number of amides is 1. The number of piperidine rings is 1. The fourth-order valence-corrected chi connectivity index (χ4v) is 4.56. The fraction of sp³-hybridized carbons (Fsp3) is 0.333. The summed E-state index contributed by atoms with van der Waals surface area (Å²) < 4.78 is 6.43. The molecule has 2 heterocycles. The molecule has 5 nitrogen and oxygen atoms in total. The number of hydrogen-bond donors (Lipinski definition) is 1. The number of methoxy groups -OCH3 is 1. The highest BCUT2D eigenvalue weighted by Crippen LogP contribution is 2.32. The van der Waals surface area contributed by atoms with E-state index in [0.29, 0.717) is 6.54 Å². The van der Waals surface area contributed by atoms with Crippen LogP contribution in [0.2, 0.25) is 0 Å². The summed E-state index contributed by atoms with van der Waals surface area (Å²) in [4.78, 5) is 19.8. The first-order valence-electron chi connectivity index (χ1n) is 9.19. The first kappa shape index (κ1) is 17.8. The van der Waals surface area contributed by atoms with Crippen LogP contribution in [0.5, 0.6) is 5.75 Å². The second kappa shape index (κ2) is 7.56. The molecule has 1 aliphatic rings. The molecule has 0 bridgehead atoms. The molecule has 1 aromatic heterocycles. The molecular weight excluding hydrogens is 358 g/mol. The van der Waals surface area contributed by atoms with E-state index in [1.165, 1.54) is 10.3 Å². The van der Waals surface area contributed by atoms with Crippen molar-refractivity contribution in [3.8, 4) is 5.75 Å². The van der Waals surface area contributed by atoms with Crippen LogP contribution in [0, 0.1) is 12.8 Å². The summed E-state index contributed by atoms with van der Waals surface area (Å²) in [6.07, 6.45) is 1.89. The van der Waals surface area contributed by atoms with Crippen LogP contribution in [0.4, 0.5) is 10.8 Å². The second-order valence-corrected chi connectivity index (χ2v) is 7.98. The Labute approximate surface area is 163 Å². The topological polar surface area (TPSA) is 54.5 Å². The largest absolute Gasteiger partial charge is 0.497 e. The van der Waals surface area contributed by atoms with Crippen molar-refractivity contribution in [2.75, 3.05) is 30.4 Å². The van der Waals surface area contributed by atoms with Crippen LogP contribution in [-0.4, -0.2) is 31.1 Å². The number of ether oxygens (including phenoxy) is 1. The zero-order valence-corrected chi connectivity index (χ0v) is 16.4. The summed E-state index contributed by atoms with van der Waals surface area (Å²) in [6.45, 7) is 3.75. The van der Waals surface area contributed by atoms with E-state index in [0.717, 1.165) is 41.5 Å². The van der Waals surface area contributed by atoms with Gasteiger partial charge in [0.2, 0.25) is 5.91 Å². The lowest BCUT2D eigenvalue weighted by atomic mass is 9.97. The predicted octanol–water partition coefficient (Wildman–Crippen LogP) is 4.47. The molecule has 2 aromatic carbocycles. The van der Waals surface area contributed by atoms with E-state index in [-0.39, 0.29) is 11.8 Å². The number of carbonyl (C=O) groups is 1. The van der Waals surface area contributed by atoms with Gasteiger partial charge in [-0.25, -0.2) is 4.98 Å². The predicted molar refractivity (Wildman–Crippen MR) is 111 cm³/mol. The molecule has 1 saturated heterocycles. The Hall–Kier alpha value is -2.60. The van der Waals surface area contributed by atoms with Crippen LogP contribution in [0.1, 0.15) is 18.4 Å². The Morgan fingerprint density at radius 2 is 2.19 bits per heavy atom. The fourth-order valence-electron chi connectivity index (χ4n) is 3.46. The summed E-state index contributed by atoms with van der Waals surface area (Å²) in [6, 6.07) is 13.8. The molecule has 27 heavy (non-hydrogen) atoms. The lowest BCUT2D eigenvalue weighted by molar-refractivity contribution is -0.120. The zero-order chi connectivity index (χ0) is 18.8. The van der Waals surface area contributed by atoms with Gasteiger partial charge in [0.25, 0.3) is 0 Å². The van der Waals surface area contributed by atoms with Gasteiger partial charge in [-0.15, -0.1) is 0 Å². The quantitative estimate of drug-likeness (QED) is 0.724. The van der Waals surface area contributed by atoms with Gasteiger partial charge in [0.15, 0.2) is 5.13 Å². The molecular formula is C21H23N3O2S. The van der Waals surface area contributed by atoms with Gasteiger partial charge in [-0.05, 0) is 49.6 Å².